The third-order valence-corrected chi connectivity index (χ3v) is 3.66. The van der Waals surface area contributed by atoms with E-state index in [1.165, 1.54) is 0 Å². The second-order valence-electron chi connectivity index (χ2n) is 4.75. The van der Waals surface area contributed by atoms with Crippen LogP contribution in [0.1, 0.15) is 24.8 Å². The molecule has 3 nitrogen and oxygen atoms in total. The van der Waals surface area contributed by atoms with Crippen molar-refractivity contribution in [3.63, 3.8) is 0 Å². The number of hydrogen-bond acceptors (Lipinski definition) is 2. The maximum Gasteiger partial charge on any atom is 0.246 e. The van der Waals surface area contributed by atoms with Crippen molar-refractivity contribution in [2.75, 3.05) is 13.2 Å². The zero-order valence-electron chi connectivity index (χ0n) is 10.8. The number of nitrogens with zero attached hydrogens (tertiary/aromatic N) is 1. The highest BCUT2D eigenvalue weighted by Crippen LogP contribution is 2.17. The highest BCUT2D eigenvalue weighted by Gasteiger charge is 2.24. The normalized spacial score (nSPS) is 19.9. The second kappa shape index (κ2) is 6.73. The standard InChI is InChI=1S/C15H18ClNO2/c16-13-7-4-12(5-8-13)6-9-15(19)17-10-2-1-3-14(17)11-18/h4-9,14,18H,1-3,10-11H2/b9-6+. The molecule has 1 atom stereocenters. The summed E-state index contributed by atoms with van der Waals surface area (Å²) in [5.41, 5.74) is 0.940. The van der Waals surface area contributed by atoms with Crippen LogP contribution < -0.4 is 0 Å². The molecule has 1 amide bonds. The average Bonchev–Trinajstić information content (AvgIpc) is 2.46. The van der Waals surface area contributed by atoms with E-state index < -0.39 is 0 Å². The van der Waals surface area contributed by atoms with E-state index >= 15 is 0 Å². The van der Waals surface area contributed by atoms with E-state index in [2.05, 4.69) is 0 Å². The van der Waals surface area contributed by atoms with Crippen LogP contribution in [-0.4, -0.2) is 35.1 Å². The SMILES string of the molecule is O=C(/C=C/c1ccc(Cl)cc1)N1CCCCC1CO. The molecular weight excluding hydrogens is 262 g/mol. The van der Waals surface area contributed by atoms with Crippen LogP contribution in [0, 0.1) is 0 Å². The molecule has 1 saturated heterocycles. The monoisotopic (exact) mass is 279 g/mol. The summed E-state index contributed by atoms with van der Waals surface area (Å²) in [5.74, 6) is -0.0336. The summed E-state index contributed by atoms with van der Waals surface area (Å²) >= 11 is 5.81. The summed E-state index contributed by atoms with van der Waals surface area (Å²) in [6.45, 7) is 0.773. The van der Waals surface area contributed by atoms with Crippen molar-refractivity contribution in [1.29, 1.82) is 0 Å². The molecule has 4 heteroatoms. The van der Waals surface area contributed by atoms with E-state index in [1.54, 1.807) is 29.2 Å². The number of carbonyl (C=O) groups excluding carboxylic acids is 1. The molecule has 1 N–H and O–H groups in total. The Morgan fingerprint density at radius 2 is 2.11 bits per heavy atom. The van der Waals surface area contributed by atoms with Crippen molar-refractivity contribution in [2.24, 2.45) is 0 Å². The Morgan fingerprint density at radius 3 is 2.79 bits per heavy atom. The summed E-state index contributed by atoms with van der Waals surface area (Å²) < 4.78 is 0. The van der Waals surface area contributed by atoms with E-state index in [-0.39, 0.29) is 18.6 Å². The number of benzene rings is 1. The van der Waals surface area contributed by atoms with Crippen molar-refractivity contribution < 1.29 is 9.90 Å². The number of piperidine rings is 1. The number of aliphatic hydroxyl groups excluding tert-OH is 1. The summed E-state index contributed by atoms with van der Waals surface area (Å²) in [6, 6.07) is 7.29. The lowest BCUT2D eigenvalue weighted by molar-refractivity contribution is -0.130. The summed E-state index contributed by atoms with van der Waals surface area (Å²) in [6.07, 6.45) is 6.32. The molecule has 19 heavy (non-hydrogen) atoms. The first-order valence-electron chi connectivity index (χ1n) is 6.56. The zero-order chi connectivity index (χ0) is 13.7. The van der Waals surface area contributed by atoms with Gasteiger partial charge in [0.2, 0.25) is 5.91 Å². The molecule has 0 aromatic heterocycles. The van der Waals surface area contributed by atoms with E-state index in [9.17, 15) is 9.90 Å². The van der Waals surface area contributed by atoms with Crippen molar-refractivity contribution in [3.8, 4) is 0 Å². The van der Waals surface area contributed by atoms with Crippen LogP contribution in [0.5, 0.6) is 0 Å². The third-order valence-electron chi connectivity index (χ3n) is 3.41. The largest absolute Gasteiger partial charge is 0.394 e. The molecule has 1 aliphatic rings. The van der Waals surface area contributed by atoms with Gasteiger partial charge in [-0.3, -0.25) is 4.79 Å². The Morgan fingerprint density at radius 1 is 1.37 bits per heavy atom. The zero-order valence-corrected chi connectivity index (χ0v) is 11.5. The van der Waals surface area contributed by atoms with Gasteiger partial charge in [-0.15, -0.1) is 0 Å². The minimum absolute atomic E-state index is 0.0314. The highest BCUT2D eigenvalue weighted by atomic mass is 35.5. The van der Waals surface area contributed by atoms with E-state index in [1.807, 2.05) is 12.1 Å². The number of aliphatic hydroxyl groups is 1. The van der Waals surface area contributed by atoms with E-state index in [0.29, 0.717) is 5.02 Å². The van der Waals surface area contributed by atoms with Crippen LogP contribution in [0.2, 0.25) is 5.02 Å². The third kappa shape index (κ3) is 3.82. The first-order valence-corrected chi connectivity index (χ1v) is 6.93. The molecule has 0 aliphatic carbocycles. The van der Waals surface area contributed by atoms with Gasteiger partial charge in [-0.25, -0.2) is 0 Å². The van der Waals surface area contributed by atoms with Crippen molar-refractivity contribution >= 4 is 23.6 Å². The Kier molecular flexibility index (Phi) is 5.00. The Labute approximate surface area is 118 Å². The van der Waals surface area contributed by atoms with Gasteiger partial charge < -0.3 is 10.0 Å². The fourth-order valence-corrected chi connectivity index (χ4v) is 2.44. The van der Waals surface area contributed by atoms with Gasteiger partial charge in [0, 0.05) is 17.6 Å². The summed E-state index contributed by atoms with van der Waals surface area (Å²) in [4.78, 5) is 13.9. The molecule has 1 aliphatic heterocycles. The first-order chi connectivity index (χ1) is 9.20. The second-order valence-corrected chi connectivity index (χ2v) is 5.19. The Bertz CT molecular complexity index is 456. The van der Waals surface area contributed by atoms with Crippen LogP contribution in [0.25, 0.3) is 6.08 Å². The van der Waals surface area contributed by atoms with Crippen molar-refractivity contribution in [1.82, 2.24) is 4.90 Å². The Balaban J connectivity index is 2.01. The van der Waals surface area contributed by atoms with Crippen LogP contribution >= 0.6 is 11.6 Å². The number of halogens is 1. The summed E-state index contributed by atoms with van der Waals surface area (Å²) in [5, 5.41) is 9.97. The molecule has 0 radical (unpaired) electrons. The van der Waals surface area contributed by atoms with E-state index in [4.69, 9.17) is 11.6 Å². The predicted octanol–water partition coefficient (Wildman–Crippen LogP) is 2.73. The molecular formula is C15H18ClNO2. The molecule has 0 spiro atoms. The number of likely N-dealkylation sites (tertiary alicyclic amines) is 1. The smallest absolute Gasteiger partial charge is 0.246 e. The lowest BCUT2D eigenvalue weighted by Crippen LogP contribution is -2.44. The van der Waals surface area contributed by atoms with Crippen LogP contribution in [0.15, 0.2) is 30.3 Å². The molecule has 1 aromatic carbocycles. The van der Waals surface area contributed by atoms with Gasteiger partial charge in [0.15, 0.2) is 0 Å². The lowest BCUT2D eigenvalue weighted by atomic mass is 10.0. The molecule has 102 valence electrons. The van der Waals surface area contributed by atoms with E-state index in [0.717, 1.165) is 31.4 Å². The molecule has 2 rings (SSSR count). The number of amides is 1. The lowest BCUT2D eigenvalue weighted by Gasteiger charge is -2.33. The molecule has 0 bridgehead atoms. The fraction of sp³-hybridized carbons (Fsp3) is 0.400. The Hall–Kier alpha value is -1.32. The topological polar surface area (TPSA) is 40.5 Å². The maximum absolute atomic E-state index is 12.1. The molecule has 1 unspecified atom stereocenters. The van der Waals surface area contributed by atoms with Gasteiger partial charge >= 0.3 is 0 Å². The first kappa shape index (κ1) is 14.1. The molecule has 1 heterocycles. The van der Waals surface area contributed by atoms with Gasteiger partial charge in [-0.1, -0.05) is 23.7 Å². The quantitative estimate of drug-likeness (QED) is 0.865. The van der Waals surface area contributed by atoms with Gasteiger partial charge in [0.1, 0.15) is 0 Å². The number of carbonyl (C=O) groups is 1. The highest BCUT2D eigenvalue weighted by molar-refractivity contribution is 6.30. The number of rotatable bonds is 3. The molecule has 1 fully saturated rings. The van der Waals surface area contributed by atoms with Gasteiger partial charge in [0.05, 0.1) is 12.6 Å². The van der Waals surface area contributed by atoms with Crippen molar-refractivity contribution in [3.05, 3.63) is 40.9 Å². The molecule has 1 aromatic rings. The summed E-state index contributed by atoms with van der Waals surface area (Å²) in [7, 11) is 0. The van der Waals surface area contributed by atoms with Crippen LogP contribution in [0.3, 0.4) is 0 Å². The van der Waals surface area contributed by atoms with Gasteiger partial charge in [-0.2, -0.15) is 0 Å². The minimum atomic E-state index is -0.0336. The maximum atomic E-state index is 12.1. The average molecular weight is 280 g/mol. The van der Waals surface area contributed by atoms with Gasteiger partial charge in [-0.05, 0) is 43.0 Å². The van der Waals surface area contributed by atoms with Crippen LogP contribution in [0.4, 0.5) is 0 Å². The number of hydrogen-bond donors (Lipinski definition) is 1. The minimum Gasteiger partial charge on any atom is -0.394 e. The fourth-order valence-electron chi connectivity index (χ4n) is 2.32. The van der Waals surface area contributed by atoms with Crippen LogP contribution in [-0.2, 0) is 4.79 Å². The van der Waals surface area contributed by atoms with Gasteiger partial charge in [0.25, 0.3) is 0 Å². The predicted molar refractivity (Wildman–Crippen MR) is 76.9 cm³/mol. The molecule has 0 saturated carbocycles. The van der Waals surface area contributed by atoms with Crippen molar-refractivity contribution in [2.45, 2.75) is 25.3 Å².